The summed E-state index contributed by atoms with van der Waals surface area (Å²) in [6.07, 6.45) is 7.32. The summed E-state index contributed by atoms with van der Waals surface area (Å²) in [5.41, 5.74) is 1.20. The average Bonchev–Trinajstić information content (AvgIpc) is 3.11. The van der Waals surface area contributed by atoms with Crippen molar-refractivity contribution in [3.05, 3.63) is 29.0 Å². The van der Waals surface area contributed by atoms with Gasteiger partial charge in [0.15, 0.2) is 0 Å². The number of hydrogen-bond acceptors (Lipinski definition) is 2. The predicted octanol–water partition coefficient (Wildman–Crippen LogP) is 2.91. The molecule has 3 heteroatoms. The van der Waals surface area contributed by atoms with Crippen LogP contribution in [-0.2, 0) is 6.42 Å². The van der Waals surface area contributed by atoms with E-state index < -0.39 is 0 Å². The summed E-state index contributed by atoms with van der Waals surface area (Å²) < 4.78 is 0. The van der Waals surface area contributed by atoms with E-state index in [2.05, 4.69) is 17.2 Å². The van der Waals surface area contributed by atoms with Gasteiger partial charge >= 0.3 is 0 Å². The van der Waals surface area contributed by atoms with E-state index in [1.807, 2.05) is 19.3 Å². The zero-order valence-corrected chi connectivity index (χ0v) is 10.7. The highest BCUT2D eigenvalue weighted by Crippen LogP contribution is 2.39. The molecule has 1 aromatic heterocycles. The Hall–Kier alpha value is -0.600. The van der Waals surface area contributed by atoms with Crippen LogP contribution in [0.25, 0.3) is 0 Å². The van der Waals surface area contributed by atoms with Gasteiger partial charge in [-0.25, -0.2) is 0 Å². The maximum Gasteiger partial charge on any atom is 0.0621 e. The first-order valence-electron chi connectivity index (χ1n) is 5.98. The van der Waals surface area contributed by atoms with Crippen LogP contribution in [0.5, 0.6) is 0 Å². The summed E-state index contributed by atoms with van der Waals surface area (Å²) in [6.45, 7) is 2.34. The molecule has 2 unspecified atom stereocenters. The predicted molar refractivity (Wildman–Crippen MR) is 67.7 cm³/mol. The molecule has 1 aromatic rings. The lowest BCUT2D eigenvalue weighted by molar-refractivity contribution is 0.357. The molecule has 0 aromatic carbocycles. The zero-order chi connectivity index (χ0) is 11.5. The zero-order valence-electron chi connectivity index (χ0n) is 9.91. The molecule has 0 saturated heterocycles. The van der Waals surface area contributed by atoms with E-state index in [0.717, 1.165) is 23.3 Å². The number of likely N-dealkylation sites (N-methyl/N-ethyl adjacent to an activating group) is 1. The molecule has 0 amide bonds. The number of pyridine rings is 1. The lowest BCUT2D eigenvalue weighted by Crippen LogP contribution is -2.35. The Morgan fingerprint density at radius 1 is 1.56 bits per heavy atom. The van der Waals surface area contributed by atoms with E-state index in [1.54, 1.807) is 6.20 Å². The molecule has 2 nitrogen and oxygen atoms in total. The number of aromatic nitrogens is 1. The molecule has 1 N–H and O–H groups in total. The number of nitrogens with one attached hydrogen (secondary N) is 1. The highest BCUT2D eigenvalue weighted by molar-refractivity contribution is 6.31. The van der Waals surface area contributed by atoms with Crippen LogP contribution >= 0.6 is 11.6 Å². The van der Waals surface area contributed by atoms with Crippen LogP contribution < -0.4 is 5.32 Å². The van der Waals surface area contributed by atoms with Gasteiger partial charge < -0.3 is 5.32 Å². The minimum atomic E-state index is 0.521. The Labute approximate surface area is 102 Å². The molecule has 2 atom stereocenters. The molecular weight excluding hydrogens is 220 g/mol. The van der Waals surface area contributed by atoms with Crippen molar-refractivity contribution in [2.45, 2.75) is 32.2 Å². The van der Waals surface area contributed by atoms with Crippen LogP contribution in [0, 0.1) is 11.8 Å². The highest BCUT2D eigenvalue weighted by Gasteiger charge is 2.32. The van der Waals surface area contributed by atoms with Crippen molar-refractivity contribution in [2.24, 2.45) is 11.8 Å². The maximum absolute atomic E-state index is 6.13. The van der Waals surface area contributed by atoms with Crippen LogP contribution in [0.1, 0.15) is 25.3 Å². The summed E-state index contributed by atoms with van der Waals surface area (Å²) >= 11 is 6.13. The summed E-state index contributed by atoms with van der Waals surface area (Å²) in [5, 5.41) is 4.20. The van der Waals surface area contributed by atoms with E-state index in [0.29, 0.717) is 6.04 Å². The first-order valence-corrected chi connectivity index (χ1v) is 6.36. The third-order valence-electron chi connectivity index (χ3n) is 3.67. The van der Waals surface area contributed by atoms with Gasteiger partial charge in [0.1, 0.15) is 0 Å². The Bertz CT molecular complexity index is 350. The third-order valence-corrected chi connectivity index (χ3v) is 4.01. The third kappa shape index (κ3) is 2.74. The Morgan fingerprint density at radius 2 is 2.31 bits per heavy atom. The monoisotopic (exact) mass is 238 g/mol. The van der Waals surface area contributed by atoms with Crippen LogP contribution in [0.4, 0.5) is 0 Å². The molecule has 0 spiro atoms. The fourth-order valence-corrected chi connectivity index (χ4v) is 2.50. The first-order chi connectivity index (χ1) is 7.72. The van der Waals surface area contributed by atoms with E-state index in [9.17, 15) is 0 Å². The summed E-state index contributed by atoms with van der Waals surface area (Å²) in [6, 6.07) is 2.54. The molecule has 0 aliphatic heterocycles. The van der Waals surface area contributed by atoms with Gasteiger partial charge in [0, 0.05) is 18.4 Å². The fraction of sp³-hybridized carbons (Fsp3) is 0.615. The van der Waals surface area contributed by atoms with Crippen molar-refractivity contribution < 1.29 is 0 Å². The first kappa shape index (κ1) is 11.9. The SMILES string of the molecule is CNC(Cc1ccncc1Cl)C(C)C1CC1. The second-order valence-electron chi connectivity index (χ2n) is 4.76. The minimum absolute atomic E-state index is 0.521. The lowest BCUT2D eigenvalue weighted by atomic mass is 9.91. The number of hydrogen-bond donors (Lipinski definition) is 1. The fourth-order valence-electron chi connectivity index (χ4n) is 2.31. The standard InChI is InChI=1S/C13H19ClN2/c1-9(10-3-4-10)13(15-2)7-11-5-6-16-8-12(11)14/h5-6,8-10,13,15H,3-4,7H2,1-2H3. The molecule has 1 saturated carbocycles. The van der Waals surface area contributed by atoms with Gasteiger partial charge in [-0.15, -0.1) is 0 Å². The second kappa shape index (κ2) is 5.15. The van der Waals surface area contributed by atoms with Crippen LogP contribution in [0.2, 0.25) is 5.02 Å². The van der Waals surface area contributed by atoms with E-state index in [-0.39, 0.29) is 0 Å². The van der Waals surface area contributed by atoms with Crippen LogP contribution in [0.3, 0.4) is 0 Å². The van der Waals surface area contributed by atoms with Crippen molar-refractivity contribution in [3.8, 4) is 0 Å². The van der Waals surface area contributed by atoms with Crippen molar-refractivity contribution >= 4 is 11.6 Å². The number of rotatable bonds is 5. The van der Waals surface area contributed by atoms with Crippen molar-refractivity contribution in [2.75, 3.05) is 7.05 Å². The second-order valence-corrected chi connectivity index (χ2v) is 5.17. The van der Waals surface area contributed by atoms with E-state index in [4.69, 9.17) is 11.6 Å². The normalized spacial score (nSPS) is 19.4. The molecule has 1 aliphatic rings. The van der Waals surface area contributed by atoms with Gasteiger partial charge in [-0.3, -0.25) is 4.98 Å². The molecular formula is C13H19ClN2. The van der Waals surface area contributed by atoms with Gasteiger partial charge in [-0.1, -0.05) is 18.5 Å². The smallest absolute Gasteiger partial charge is 0.0621 e. The van der Waals surface area contributed by atoms with Gasteiger partial charge in [0.25, 0.3) is 0 Å². The Kier molecular flexibility index (Phi) is 3.82. The molecule has 2 rings (SSSR count). The largest absolute Gasteiger partial charge is 0.316 e. The summed E-state index contributed by atoms with van der Waals surface area (Å²) in [7, 11) is 2.04. The Balaban J connectivity index is 2.03. The highest BCUT2D eigenvalue weighted by atomic mass is 35.5. The van der Waals surface area contributed by atoms with Crippen molar-refractivity contribution in [1.82, 2.24) is 10.3 Å². The summed E-state index contributed by atoms with van der Waals surface area (Å²) in [5.74, 6) is 1.65. The molecule has 1 heterocycles. The quantitative estimate of drug-likeness (QED) is 0.853. The van der Waals surface area contributed by atoms with Crippen LogP contribution in [0.15, 0.2) is 18.5 Å². The lowest BCUT2D eigenvalue weighted by Gasteiger charge is -2.23. The van der Waals surface area contributed by atoms with Gasteiger partial charge in [-0.05, 0) is 49.8 Å². The van der Waals surface area contributed by atoms with E-state index in [1.165, 1.54) is 18.4 Å². The molecule has 88 valence electrons. The molecule has 0 radical (unpaired) electrons. The molecule has 1 aliphatic carbocycles. The molecule has 0 bridgehead atoms. The Morgan fingerprint density at radius 3 is 2.88 bits per heavy atom. The van der Waals surface area contributed by atoms with Gasteiger partial charge in [0.2, 0.25) is 0 Å². The number of halogens is 1. The topological polar surface area (TPSA) is 24.9 Å². The van der Waals surface area contributed by atoms with Gasteiger partial charge in [-0.2, -0.15) is 0 Å². The van der Waals surface area contributed by atoms with Crippen molar-refractivity contribution in [1.29, 1.82) is 0 Å². The summed E-state index contributed by atoms with van der Waals surface area (Å²) in [4.78, 5) is 4.02. The van der Waals surface area contributed by atoms with Gasteiger partial charge in [0.05, 0.1) is 5.02 Å². The molecule has 16 heavy (non-hydrogen) atoms. The van der Waals surface area contributed by atoms with Crippen molar-refractivity contribution in [3.63, 3.8) is 0 Å². The maximum atomic E-state index is 6.13. The van der Waals surface area contributed by atoms with Crippen LogP contribution in [-0.4, -0.2) is 18.1 Å². The molecule has 1 fully saturated rings. The average molecular weight is 239 g/mol. The minimum Gasteiger partial charge on any atom is -0.316 e. The number of nitrogens with zero attached hydrogens (tertiary/aromatic N) is 1. The van der Waals surface area contributed by atoms with E-state index >= 15 is 0 Å².